The van der Waals surface area contributed by atoms with Crippen molar-refractivity contribution in [2.24, 2.45) is 5.73 Å². The highest BCUT2D eigenvalue weighted by Crippen LogP contribution is 2.42. The normalized spacial score (nSPS) is 18.7. The topological polar surface area (TPSA) is 74.2 Å². The molecular weight excluding hydrogens is 286 g/mol. The molecule has 3 rings (SSSR count). The van der Waals surface area contributed by atoms with Crippen molar-refractivity contribution in [2.75, 3.05) is 19.0 Å². The maximum Gasteiger partial charge on any atom is 0.235 e. The Morgan fingerprint density at radius 3 is 3.19 bits per heavy atom. The molecule has 6 heteroatoms. The molecule has 2 aromatic rings. The molecule has 1 aromatic carbocycles. The maximum absolute atomic E-state index is 6.03. The standard InChI is InChI=1S/C15H19N3O2S/c1-2-7-19-8-12(16)14-17-15(20-18-14)11-9-21-13-6-4-3-5-10(11)13/h3-6,11-12H,2,7-9,16H2,1H3. The van der Waals surface area contributed by atoms with E-state index in [1.807, 2.05) is 17.8 Å². The highest BCUT2D eigenvalue weighted by atomic mass is 32.2. The minimum Gasteiger partial charge on any atom is -0.379 e. The van der Waals surface area contributed by atoms with Gasteiger partial charge >= 0.3 is 0 Å². The molecule has 1 aromatic heterocycles. The molecule has 2 atom stereocenters. The smallest absolute Gasteiger partial charge is 0.235 e. The van der Waals surface area contributed by atoms with Crippen molar-refractivity contribution >= 4 is 11.8 Å². The third kappa shape index (κ3) is 3.12. The van der Waals surface area contributed by atoms with Gasteiger partial charge in [-0.15, -0.1) is 11.8 Å². The third-order valence-electron chi connectivity index (χ3n) is 3.43. The zero-order valence-electron chi connectivity index (χ0n) is 12.0. The van der Waals surface area contributed by atoms with Gasteiger partial charge in [0.05, 0.1) is 18.6 Å². The van der Waals surface area contributed by atoms with Crippen LogP contribution >= 0.6 is 11.8 Å². The monoisotopic (exact) mass is 305 g/mol. The summed E-state index contributed by atoms with van der Waals surface area (Å²) in [5.41, 5.74) is 7.29. The Kier molecular flexibility index (Phi) is 4.57. The van der Waals surface area contributed by atoms with Crippen molar-refractivity contribution in [1.29, 1.82) is 0 Å². The summed E-state index contributed by atoms with van der Waals surface area (Å²) < 4.78 is 10.9. The van der Waals surface area contributed by atoms with E-state index < -0.39 is 0 Å². The lowest BCUT2D eigenvalue weighted by Crippen LogP contribution is -2.19. The Bertz CT molecular complexity index is 602. The van der Waals surface area contributed by atoms with Gasteiger partial charge in [0.25, 0.3) is 0 Å². The Morgan fingerprint density at radius 2 is 2.33 bits per heavy atom. The van der Waals surface area contributed by atoms with Crippen LogP contribution in [0.15, 0.2) is 33.7 Å². The highest BCUT2D eigenvalue weighted by Gasteiger charge is 2.29. The van der Waals surface area contributed by atoms with E-state index >= 15 is 0 Å². The van der Waals surface area contributed by atoms with Gasteiger partial charge in [-0.1, -0.05) is 30.3 Å². The quantitative estimate of drug-likeness (QED) is 0.827. The fourth-order valence-electron chi connectivity index (χ4n) is 2.34. The van der Waals surface area contributed by atoms with Crippen LogP contribution in [-0.4, -0.2) is 29.1 Å². The van der Waals surface area contributed by atoms with Gasteiger partial charge in [-0.3, -0.25) is 0 Å². The number of fused-ring (bicyclic) bond motifs is 1. The molecule has 0 saturated heterocycles. The zero-order valence-corrected chi connectivity index (χ0v) is 12.8. The van der Waals surface area contributed by atoms with E-state index in [4.69, 9.17) is 15.0 Å². The fourth-order valence-corrected chi connectivity index (χ4v) is 3.56. The lowest BCUT2D eigenvalue weighted by molar-refractivity contribution is 0.119. The molecule has 1 aliphatic heterocycles. The highest BCUT2D eigenvalue weighted by molar-refractivity contribution is 7.99. The van der Waals surface area contributed by atoms with Crippen molar-refractivity contribution in [2.45, 2.75) is 30.2 Å². The minimum absolute atomic E-state index is 0.163. The number of nitrogens with two attached hydrogens (primary N) is 1. The van der Waals surface area contributed by atoms with Gasteiger partial charge in [0.15, 0.2) is 5.82 Å². The van der Waals surface area contributed by atoms with Crippen molar-refractivity contribution in [3.05, 3.63) is 41.5 Å². The first-order valence-electron chi connectivity index (χ1n) is 7.18. The predicted molar refractivity (Wildman–Crippen MR) is 81.3 cm³/mol. The molecule has 2 N–H and O–H groups in total. The lowest BCUT2D eigenvalue weighted by Gasteiger charge is -2.07. The van der Waals surface area contributed by atoms with Gasteiger partial charge in [0, 0.05) is 17.3 Å². The van der Waals surface area contributed by atoms with E-state index in [1.54, 1.807) is 0 Å². The van der Waals surface area contributed by atoms with Crippen molar-refractivity contribution < 1.29 is 9.26 Å². The van der Waals surface area contributed by atoms with Gasteiger partial charge in [-0.25, -0.2) is 0 Å². The van der Waals surface area contributed by atoms with Crippen LogP contribution in [-0.2, 0) is 4.74 Å². The molecule has 21 heavy (non-hydrogen) atoms. The first kappa shape index (κ1) is 14.6. The number of rotatable bonds is 6. The summed E-state index contributed by atoms with van der Waals surface area (Å²) in [6, 6.07) is 8.00. The van der Waals surface area contributed by atoms with Crippen LogP contribution in [0, 0.1) is 0 Å². The summed E-state index contributed by atoms with van der Waals surface area (Å²) in [7, 11) is 0. The number of hydrogen-bond donors (Lipinski definition) is 1. The Balaban J connectivity index is 1.71. The molecule has 2 heterocycles. The van der Waals surface area contributed by atoms with E-state index in [0.29, 0.717) is 24.9 Å². The number of benzene rings is 1. The van der Waals surface area contributed by atoms with Crippen LogP contribution in [0.1, 0.15) is 42.6 Å². The summed E-state index contributed by atoms with van der Waals surface area (Å²) in [6.07, 6.45) is 0.973. The van der Waals surface area contributed by atoms with Gasteiger partial charge in [0.2, 0.25) is 5.89 Å². The number of aromatic nitrogens is 2. The third-order valence-corrected chi connectivity index (χ3v) is 4.62. The van der Waals surface area contributed by atoms with Crippen LogP contribution in [0.25, 0.3) is 0 Å². The fraction of sp³-hybridized carbons (Fsp3) is 0.467. The summed E-state index contributed by atoms with van der Waals surface area (Å²) >= 11 is 1.82. The van der Waals surface area contributed by atoms with Crippen LogP contribution in [0.5, 0.6) is 0 Å². The Hall–Kier alpha value is -1.37. The van der Waals surface area contributed by atoms with Crippen LogP contribution in [0.4, 0.5) is 0 Å². The van der Waals surface area contributed by atoms with Gasteiger partial charge in [-0.05, 0) is 18.1 Å². The summed E-state index contributed by atoms with van der Waals surface area (Å²) in [5, 5.41) is 4.01. The second kappa shape index (κ2) is 6.60. The first-order chi connectivity index (χ1) is 10.3. The lowest BCUT2D eigenvalue weighted by atomic mass is 10.0. The molecule has 0 radical (unpaired) electrons. The molecule has 5 nitrogen and oxygen atoms in total. The zero-order chi connectivity index (χ0) is 14.7. The van der Waals surface area contributed by atoms with Crippen molar-refractivity contribution in [1.82, 2.24) is 10.1 Å². The SMILES string of the molecule is CCCOCC(N)c1noc(C2CSc3ccccc32)n1. The van der Waals surface area contributed by atoms with E-state index in [2.05, 4.69) is 35.3 Å². The number of nitrogens with zero attached hydrogens (tertiary/aromatic N) is 2. The van der Waals surface area contributed by atoms with Crippen LogP contribution in [0.3, 0.4) is 0 Å². The average molecular weight is 305 g/mol. The molecular formula is C15H19N3O2S. The second-order valence-corrected chi connectivity index (χ2v) is 6.14. The minimum atomic E-state index is -0.335. The molecule has 0 aliphatic carbocycles. The predicted octanol–water partition coefficient (Wildman–Crippen LogP) is 2.73. The molecule has 112 valence electrons. The van der Waals surface area contributed by atoms with Gasteiger partial charge in [0.1, 0.15) is 0 Å². The number of hydrogen-bond acceptors (Lipinski definition) is 6. The molecule has 0 spiro atoms. The molecule has 0 fully saturated rings. The van der Waals surface area contributed by atoms with Crippen LogP contribution in [0.2, 0.25) is 0 Å². The largest absolute Gasteiger partial charge is 0.379 e. The number of thioether (sulfide) groups is 1. The maximum atomic E-state index is 6.03. The molecule has 1 aliphatic rings. The summed E-state index contributed by atoms with van der Waals surface area (Å²) in [5.74, 6) is 2.27. The van der Waals surface area contributed by atoms with E-state index in [-0.39, 0.29) is 12.0 Å². The van der Waals surface area contributed by atoms with Crippen molar-refractivity contribution in [3.63, 3.8) is 0 Å². The molecule has 0 amide bonds. The summed E-state index contributed by atoms with van der Waals surface area (Å²) in [4.78, 5) is 5.76. The van der Waals surface area contributed by atoms with E-state index in [1.165, 1.54) is 10.5 Å². The average Bonchev–Trinajstić information content (AvgIpc) is 3.13. The molecule has 0 saturated carbocycles. The second-order valence-electron chi connectivity index (χ2n) is 5.07. The first-order valence-corrected chi connectivity index (χ1v) is 8.16. The Labute approximate surface area is 128 Å². The van der Waals surface area contributed by atoms with Gasteiger partial charge in [-0.2, -0.15) is 4.98 Å². The molecule has 2 unspecified atom stereocenters. The van der Waals surface area contributed by atoms with E-state index in [0.717, 1.165) is 12.2 Å². The van der Waals surface area contributed by atoms with E-state index in [9.17, 15) is 0 Å². The number of ether oxygens (including phenoxy) is 1. The van der Waals surface area contributed by atoms with Gasteiger partial charge < -0.3 is 15.0 Å². The van der Waals surface area contributed by atoms with Crippen LogP contribution < -0.4 is 5.73 Å². The Morgan fingerprint density at radius 1 is 1.48 bits per heavy atom. The van der Waals surface area contributed by atoms with Crippen molar-refractivity contribution in [3.8, 4) is 0 Å². The summed E-state index contributed by atoms with van der Waals surface area (Å²) in [6.45, 7) is 3.18. The molecule has 0 bridgehead atoms.